The summed E-state index contributed by atoms with van der Waals surface area (Å²) in [7, 11) is 0. The molecule has 1 amide bonds. The van der Waals surface area contributed by atoms with Crippen molar-refractivity contribution in [2.45, 2.75) is 32.1 Å². The van der Waals surface area contributed by atoms with Crippen molar-refractivity contribution >= 4 is 11.6 Å². The van der Waals surface area contributed by atoms with Crippen LogP contribution >= 0.6 is 0 Å². The third-order valence-corrected chi connectivity index (χ3v) is 4.31. The largest absolute Gasteiger partial charge is 0.416 e. The van der Waals surface area contributed by atoms with Gasteiger partial charge in [-0.3, -0.25) is 4.79 Å². The van der Waals surface area contributed by atoms with Crippen molar-refractivity contribution in [2.24, 2.45) is 11.7 Å². The number of halogens is 3. The van der Waals surface area contributed by atoms with Crippen LogP contribution in [0.25, 0.3) is 0 Å². The van der Waals surface area contributed by atoms with E-state index in [-0.39, 0.29) is 17.9 Å². The molecule has 2 aromatic rings. The van der Waals surface area contributed by atoms with Crippen LogP contribution in [0.15, 0.2) is 54.6 Å². The maximum Gasteiger partial charge on any atom is 0.416 e. The van der Waals surface area contributed by atoms with Gasteiger partial charge in [0.15, 0.2) is 0 Å². The van der Waals surface area contributed by atoms with Crippen LogP contribution in [0.5, 0.6) is 0 Å². The zero-order valence-electron chi connectivity index (χ0n) is 15.3. The minimum atomic E-state index is -4.36. The van der Waals surface area contributed by atoms with Crippen molar-refractivity contribution in [3.63, 3.8) is 0 Å². The van der Waals surface area contributed by atoms with E-state index in [4.69, 9.17) is 5.73 Å². The van der Waals surface area contributed by atoms with Crippen molar-refractivity contribution in [2.75, 3.05) is 11.9 Å². The Kier molecular flexibility index (Phi) is 6.85. The van der Waals surface area contributed by atoms with Crippen molar-refractivity contribution < 1.29 is 18.0 Å². The molecule has 0 saturated heterocycles. The van der Waals surface area contributed by atoms with Crippen LogP contribution in [0.3, 0.4) is 0 Å². The van der Waals surface area contributed by atoms with Gasteiger partial charge >= 0.3 is 6.18 Å². The number of hydrogen-bond donors (Lipinski definition) is 3. The molecule has 0 aliphatic rings. The third kappa shape index (κ3) is 5.99. The molecule has 0 aliphatic carbocycles. The molecular weight excluding hydrogens is 355 g/mol. The molecule has 0 radical (unpaired) electrons. The predicted octanol–water partition coefficient (Wildman–Crippen LogP) is 3.96. The quantitative estimate of drug-likeness (QED) is 0.682. The lowest BCUT2D eigenvalue weighted by Gasteiger charge is -2.25. The Morgan fingerprint density at radius 3 is 2.15 bits per heavy atom. The van der Waals surface area contributed by atoms with Crippen LogP contribution in [0, 0.1) is 5.92 Å². The standard InChI is InChI=1S/C20H24F3N3O/c1-13(2)17(26-16-10-8-15(9-11-16)20(21,22)23)12-25-19(27)18(24)14-6-4-3-5-7-14/h3-11,13,17-18,26H,12,24H2,1-2H3,(H,25,27)/t17-,18+/m0/s1. The van der Waals surface area contributed by atoms with Gasteiger partial charge in [0.25, 0.3) is 0 Å². The number of hydrogen-bond acceptors (Lipinski definition) is 3. The van der Waals surface area contributed by atoms with Gasteiger partial charge in [-0.25, -0.2) is 0 Å². The molecule has 4 nitrogen and oxygen atoms in total. The molecule has 0 fully saturated rings. The van der Waals surface area contributed by atoms with E-state index in [1.807, 2.05) is 32.0 Å². The molecule has 0 heterocycles. The lowest BCUT2D eigenvalue weighted by Crippen LogP contribution is -2.43. The second-order valence-corrected chi connectivity index (χ2v) is 6.70. The summed E-state index contributed by atoms with van der Waals surface area (Å²) in [5.74, 6) is -0.165. The normalized spacial score (nSPS) is 13.9. The summed E-state index contributed by atoms with van der Waals surface area (Å²) in [6.07, 6.45) is -4.36. The highest BCUT2D eigenvalue weighted by Crippen LogP contribution is 2.30. The van der Waals surface area contributed by atoms with Crippen LogP contribution in [0.2, 0.25) is 0 Å². The molecule has 7 heteroatoms. The molecule has 146 valence electrons. The van der Waals surface area contributed by atoms with Crippen molar-refractivity contribution in [3.05, 3.63) is 65.7 Å². The first-order valence-corrected chi connectivity index (χ1v) is 8.70. The maximum atomic E-state index is 12.7. The number of carbonyl (C=O) groups excluding carboxylic acids is 1. The third-order valence-electron chi connectivity index (χ3n) is 4.31. The van der Waals surface area contributed by atoms with Gasteiger partial charge in [0.1, 0.15) is 6.04 Å². The molecule has 0 aliphatic heterocycles. The number of nitrogens with one attached hydrogen (secondary N) is 2. The minimum absolute atomic E-state index is 0.139. The second kappa shape index (κ2) is 8.90. The monoisotopic (exact) mass is 379 g/mol. The molecule has 0 spiro atoms. The average Bonchev–Trinajstić information content (AvgIpc) is 2.64. The summed E-state index contributed by atoms with van der Waals surface area (Å²) in [5, 5.41) is 5.98. The Balaban J connectivity index is 1.96. The number of nitrogens with two attached hydrogens (primary N) is 1. The lowest BCUT2D eigenvalue weighted by molar-refractivity contribution is -0.137. The van der Waals surface area contributed by atoms with Gasteiger partial charge < -0.3 is 16.4 Å². The summed E-state index contributed by atoms with van der Waals surface area (Å²) in [4.78, 5) is 12.3. The molecule has 0 unspecified atom stereocenters. The van der Waals surface area contributed by atoms with Gasteiger partial charge in [0.05, 0.1) is 5.56 Å². The second-order valence-electron chi connectivity index (χ2n) is 6.70. The molecule has 0 saturated carbocycles. The minimum Gasteiger partial charge on any atom is -0.380 e. The molecule has 27 heavy (non-hydrogen) atoms. The van der Waals surface area contributed by atoms with Crippen LogP contribution in [0.4, 0.5) is 18.9 Å². The fourth-order valence-electron chi connectivity index (χ4n) is 2.56. The van der Waals surface area contributed by atoms with Crippen molar-refractivity contribution in [3.8, 4) is 0 Å². The first-order valence-electron chi connectivity index (χ1n) is 8.70. The molecule has 2 aromatic carbocycles. The molecule has 2 atom stereocenters. The number of alkyl halides is 3. The number of carbonyl (C=O) groups is 1. The average molecular weight is 379 g/mol. The predicted molar refractivity (Wildman–Crippen MR) is 100 cm³/mol. The molecule has 2 rings (SSSR count). The van der Waals surface area contributed by atoms with E-state index >= 15 is 0 Å². The highest BCUT2D eigenvalue weighted by Gasteiger charge is 2.30. The summed E-state index contributed by atoms with van der Waals surface area (Å²) < 4.78 is 38.0. The Hall–Kier alpha value is -2.54. The Labute approximate surface area is 157 Å². The van der Waals surface area contributed by atoms with E-state index < -0.39 is 17.8 Å². The van der Waals surface area contributed by atoms with Crippen LogP contribution in [-0.2, 0) is 11.0 Å². The summed E-state index contributed by atoms with van der Waals surface area (Å²) in [6.45, 7) is 4.23. The fraction of sp³-hybridized carbons (Fsp3) is 0.350. The first-order chi connectivity index (χ1) is 12.7. The van der Waals surface area contributed by atoms with Gasteiger partial charge in [0.2, 0.25) is 5.91 Å². The number of benzene rings is 2. The fourth-order valence-corrected chi connectivity index (χ4v) is 2.56. The van der Waals surface area contributed by atoms with Crippen molar-refractivity contribution in [1.82, 2.24) is 5.32 Å². The Morgan fingerprint density at radius 2 is 1.63 bits per heavy atom. The zero-order chi connectivity index (χ0) is 20.0. The highest BCUT2D eigenvalue weighted by atomic mass is 19.4. The Morgan fingerprint density at radius 1 is 1.04 bits per heavy atom. The first kappa shape index (κ1) is 20.8. The van der Waals surface area contributed by atoms with E-state index in [1.165, 1.54) is 12.1 Å². The van der Waals surface area contributed by atoms with Gasteiger partial charge in [-0.15, -0.1) is 0 Å². The van der Waals surface area contributed by atoms with E-state index in [9.17, 15) is 18.0 Å². The smallest absolute Gasteiger partial charge is 0.380 e. The molecule has 4 N–H and O–H groups in total. The molecule has 0 aromatic heterocycles. The highest BCUT2D eigenvalue weighted by molar-refractivity contribution is 5.82. The van der Waals surface area contributed by atoms with E-state index in [0.717, 1.165) is 12.1 Å². The Bertz CT molecular complexity index is 730. The lowest BCUT2D eigenvalue weighted by atomic mass is 10.0. The van der Waals surface area contributed by atoms with Crippen LogP contribution in [-0.4, -0.2) is 18.5 Å². The topological polar surface area (TPSA) is 67.2 Å². The van der Waals surface area contributed by atoms with E-state index in [1.54, 1.807) is 12.1 Å². The zero-order valence-corrected chi connectivity index (χ0v) is 15.3. The maximum absolute atomic E-state index is 12.7. The summed E-state index contributed by atoms with van der Waals surface area (Å²) in [6, 6.07) is 12.9. The summed E-state index contributed by atoms with van der Waals surface area (Å²) >= 11 is 0. The van der Waals surface area contributed by atoms with E-state index in [2.05, 4.69) is 10.6 Å². The van der Waals surface area contributed by atoms with Gasteiger partial charge in [0, 0.05) is 18.3 Å². The SMILES string of the molecule is CC(C)[C@H](CNC(=O)[C@H](N)c1ccccc1)Nc1ccc(C(F)(F)F)cc1. The van der Waals surface area contributed by atoms with Crippen molar-refractivity contribution in [1.29, 1.82) is 0 Å². The van der Waals surface area contributed by atoms with Gasteiger partial charge in [-0.2, -0.15) is 13.2 Å². The van der Waals surface area contributed by atoms with Crippen LogP contribution < -0.4 is 16.4 Å². The molecular formula is C20H24F3N3O. The van der Waals surface area contributed by atoms with E-state index in [0.29, 0.717) is 17.8 Å². The summed E-state index contributed by atoms with van der Waals surface area (Å²) in [5.41, 5.74) is 6.55. The van der Waals surface area contributed by atoms with Crippen LogP contribution in [0.1, 0.15) is 31.0 Å². The molecule has 0 bridgehead atoms. The van der Waals surface area contributed by atoms with Gasteiger partial charge in [-0.05, 0) is 35.7 Å². The number of amides is 1. The number of rotatable bonds is 7. The number of anilines is 1. The van der Waals surface area contributed by atoms with Gasteiger partial charge in [-0.1, -0.05) is 44.2 Å².